The van der Waals surface area contributed by atoms with Crippen LogP contribution in [0.2, 0.25) is 0 Å². The van der Waals surface area contributed by atoms with Crippen molar-refractivity contribution in [2.45, 2.75) is 25.3 Å². The highest BCUT2D eigenvalue weighted by molar-refractivity contribution is 6.00. The van der Waals surface area contributed by atoms with Gasteiger partial charge < -0.3 is 10.2 Å². The number of hydrogen-bond donors (Lipinski definition) is 1. The number of likely N-dealkylation sites (tertiary alicyclic amines) is 1. The summed E-state index contributed by atoms with van der Waals surface area (Å²) >= 11 is 0. The van der Waals surface area contributed by atoms with E-state index in [-0.39, 0.29) is 17.4 Å². The molecule has 1 N–H and O–H groups in total. The van der Waals surface area contributed by atoms with Crippen LogP contribution in [0.3, 0.4) is 0 Å². The number of hydrogen-bond acceptors (Lipinski definition) is 4. The molecule has 0 bridgehead atoms. The Kier molecular flexibility index (Phi) is 4.54. The van der Waals surface area contributed by atoms with Gasteiger partial charge in [0.25, 0.3) is 11.8 Å². The highest BCUT2D eigenvalue weighted by Crippen LogP contribution is 2.24. The third-order valence-corrected chi connectivity index (χ3v) is 5.20. The average Bonchev–Trinajstić information content (AvgIpc) is 3.12. The topological polar surface area (TPSA) is 79.6 Å². The Morgan fingerprint density at radius 3 is 2.64 bits per heavy atom. The van der Waals surface area contributed by atoms with Crippen LogP contribution < -0.4 is 5.32 Å². The predicted molar refractivity (Wildman–Crippen MR) is 100 cm³/mol. The molecule has 28 heavy (non-hydrogen) atoms. The van der Waals surface area contributed by atoms with Gasteiger partial charge in [-0.25, -0.2) is 13.9 Å². The Hall–Kier alpha value is -3.29. The Bertz CT molecular complexity index is 1040. The number of carbonyl (C=O) groups is 2. The standard InChI is InChI=1S/C20H20FN5O2/c1-20(24-18(27)15-13-23-26-10-4-9-22-17(15)26)7-11-25(12-8-20)19(28)14-5-2-3-6-16(14)21/h2-6,9-10,13H,7-8,11-12H2,1H3,(H,24,27). The Morgan fingerprint density at radius 1 is 1.14 bits per heavy atom. The van der Waals surface area contributed by atoms with E-state index in [1.165, 1.54) is 18.3 Å². The second-order valence-corrected chi connectivity index (χ2v) is 7.23. The molecule has 3 aromatic rings. The number of fused-ring (bicyclic) bond motifs is 1. The van der Waals surface area contributed by atoms with E-state index < -0.39 is 11.4 Å². The molecule has 0 aliphatic carbocycles. The Labute approximate surface area is 161 Å². The van der Waals surface area contributed by atoms with Gasteiger partial charge in [0.05, 0.1) is 11.8 Å². The summed E-state index contributed by atoms with van der Waals surface area (Å²) < 4.78 is 15.4. The second-order valence-electron chi connectivity index (χ2n) is 7.23. The molecule has 0 spiro atoms. The lowest BCUT2D eigenvalue weighted by Crippen LogP contribution is -2.54. The Morgan fingerprint density at radius 2 is 1.89 bits per heavy atom. The maximum absolute atomic E-state index is 13.9. The SMILES string of the molecule is CC1(NC(=O)c2cnn3cccnc23)CCN(C(=O)c2ccccc2F)CC1. The molecule has 1 aliphatic heterocycles. The molecule has 0 atom stereocenters. The molecule has 8 heteroatoms. The molecule has 4 rings (SSSR count). The van der Waals surface area contributed by atoms with Gasteiger partial charge in [-0.1, -0.05) is 12.1 Å². The van der Waals surface area contributed by atoms with Gasteiger partial charge in [0.1, 0.15) is 11.4 Å². The first kappa shape index (κ1) is 18.1. The fraction of sp³-hybridized carbons (Fsp3) is 0.300. The van der Waals surface area contributed by atoms with Crippen LogP contribution in [0.5, 0.6) is 0 Å². The molecule has 0 saturated carbocycles. The average molecular weight is 381 g/mol. The van der Waals surface area contributed by atoms with Gasteiger partial charge in [-0.3, -0.25) is 9.59 Å². The van der Waals surface area contributed by atoms with Gasteiger partial charge in [0.15, 0.2) is 5.65 Å². The van der Waals surface area contributed by atoms with E-state index in [1.54, 1.807) is 40.0 Å². The molecule has 1 fully saturated rings. The van der Waals surface area contributed by atoms with Gasteiger partial charge in [0, 0.05) is 31.0 Å². The van der Waals surface area contributed by atoms with Crippen LogP contribution >= 0.6 is 0 Å². The van der Waals surface area contributed by atoms with Crippen LogP contribution in [0.15, 0.2) is 48.9 Å². The number of aromatic nitrogens is 3. The van der Waals surface area contributed by atoms with Crippen LogP contribution in [0.25, 0.3) is 5.65 Å². The summed E-state index contributed by atoms with van der Waals surface area (Å²) in [5.41, 5.74) is 0.515. The van der Waals surface area contributed by atoms with Gasteiger partial charge in [0.2, 0.25) is 0 Å². The molecule has 144 valence electrons. The third-order valence-electron chi connectivity index (χ3n) is 5.20. The number of nitrogens with one attached hydrogen (secondary N) is 1. The zero-order valence-electron chi connectivity index (χ0n) is 15.4. The zero-order valence-corrected chi connectivity index (χ0v) is 15.4. The first-order valence-electron chi connectivity index (χ1n) is 9.11. The van der Waals surface area contributed by atoms with Crippen LogP contribution in [0, 0.1) is 5.82 Å². The minimum absolute atomic E-state index is 0.0765. The van der Waals surface area contributed by atoms with Crippen molar-refractivity contribution in [3.05, 3.63) is 65.9 Å². The highest BCUT2D eigenvalue weighted by atomic mass is 19.1. The summed E-state index contributed by atoms with van der Waals surface area (Å²) in [6.07, 6.45) is 5.99. The molecule has 1 saturated heterocycles. The van der Waals surface area contributed by atoms with E-state index in [2.05, 4.69) is 15.4 Å². The number of carbonyl (C=O) groups excluding carboxylic acids is 2. The van der Waals surface area contributed by atoms with E-state index in [4.69, 9.17) is 0 Å². The van der Waals surface area contributed by atoms with E-state index in [9.17, 15) is 14.0 Å². The van der Waals surface area contributed by atoms with Crippen molar-refractivity contribution in [3.63, 3.8) is 0 Å². The highest BCUT2D eigenvalue weighted by Gasteiger charge is 2.34. The number of piperidine rings is 1. The maximum atomic E-state index is 13.9. The van der Waals surface area contributed by atoms with Gasteiger partial charge in [-0.2, -0.15) is 5.10 Å². The molecular weight excluding hydrogens is 361 g/mol. The van der Waals surface area contributed by atoms with Gasteiger partial charge in [-0.05, 0) is 38.0 Å². The smallest absolute Gasteiger partial charge is 0.257 e. The summed E-state index contributed by atoms with van der Waals surface area (Å²) in [6.45, 7) is 2.84. The van der Waals surface area contributed by atoms with Crippen LogP contribution in [0.1, 0.15) is 40.5 Å². The Balaban J connectivity index is 1.43. The normalized spacial score (nSPS) is 16.1. The summed E-state index contributed by atoms with van der Waals surface area (Å²) in [5, 5.41) is 7.19. The summed E-state index contributed by atoms with van der Waals surface area (Å²) in [7, 11) is 0. The molecule has 2 aromatic heterocycles. The second kappa shape index (κ2) is 7.03. The molecular formula is C20H20FN5O2. The van der Waals surface area contributed by atoms with Crippen molar-refractivity contribution in [3.8, 4) is 0 Å². The fourth-order valence-corrected chi connectivity index (χ4v) is 3.46. The van der Waals surface area contributed by atoms with Gasteiger partial charge in [-0.15, -0.1) is 0 Å². The van der Waals surface area contributed by atoms with Gasteiger partial charge >= 0.3 is 0 Å². The van der Waals surface area contributed by atoms with Crippen molar-refractivity contribution in [1.82, 2.24) is 24.8 Å². The first-order valence-corrected chi connectivity index (χ1v) is 9.11. The van der Waals surface area contributed by atoms with Crippen molar-refractivity contribution >= 4 is 17.5 Å². The van der Waals surface area contributed by atoms with Crippen LogP contribution in [0.4, 0.5) is 4.39 Å². The number of halogens is 1. The lowest BCUT2D eigenvalue weighted by atomic mass is 9.89. The molecule has 2 amide bonds. The minimum atomic E-state index is -0.519. The van der Waals surface area contributed by atoms with Crippen molar-refractivity contribution in [1.29, 1.82) is 0 Å². The van der Waals surface area contributed by atoms with E-state index in [0.29, 0.717) is 37.1 Å². The van der Waals surface area contributed by atoms with E-state index in [1.807, 2.05) is 6.92 Å². The molecule has 0 unspecified atom stereocenters. The van der Waals surface area contributed by atoms with Crippen molar-refractivity contribution < 1.29 is 14.0 Å². The van der Waals surface area contributed by atoms with Crippen molar-refractivity contribution in [2.75, 3.05) is 13.1 Å². The summed E-state index contributed by atoms with van der Waals surface area (Å²) in [5.74, 6) is -1.09. The first-order chi connectivity index (χ1) is 13.5. The number of nitrogens with zero attached hydrogens (tertiary/aromatic N) is 4. The van der Waals surface area contributed by atoms with Crippen LogP contribution in [-0.2, 0) is 0 Å². The van der Waals surface area contributed by atoms with Crippen LogP contribution in [-0.4, -0.2) is 49.9 Å². The number of amides is 2. The maximum Gasteiger partial charge on any atom is 0.257 e. The molecule has 0 radical (unpaired) electrons. The largest absolute Gasteiger partial charge is 0.347 e. The predicted octanol–water partition coefficient (Wildman–Crippen LogP) is 2.29. The van der Waals surface area contributed by atoms with Crippen molar-refractivity contribution in [2.24, 2.45) is 0 Å². The summed E-state index contributed by atoms with van der Waals surface area (Å²) in [6, 6.07) is 7.72. The zero-order chi connectivity index (χ0) is 19.7. The van der Waals surface area contributed by atoms with E-state index in [0.717, 1.165) is 0 Å². The quantitative estimate of drug-likeness (QED) is 0.755. The molecule has 3 heterocycles. The molecule has 7 nitrogen and oxygen atoms in total. The van der Waals surface area contributed by atoms with E-state index >= 15 is 0 Å². The summed E-state index contributed by atoms with van der Waals surface area (Å²) in [4.78, 5) is 31.1. The minimum Gasteiger partial charge on any atom is -0.347 e. The number of benzene rings is 1. The lowest BCUT2D eigenvalue weighted by Gasteiger charge is -2.40. The fourth-order valence-electron chi connectivity index (χ4n) is 3.46. The molecule has 1 aromatic carbocycles. The monoisotopic (exact) mass is 381 g/mol. The number of rotatable bonds is 3. The molecule has 1 aliphatic rings. The lowest BCUT2D eigenvalue weighted by molar-refractivity contribution is 0.0634. The third kappa shape index (κ3) is 3.33.